The number of anilines is 3. The molecule has 1 fully saturated rings. The van der Waals surface area contributed by atoms with Crippen LogP contribution in [0.5, 0.6) is 0 Å². The fourth-order valence-electron chi connectivity index (χ4n) is 5.08. The Morgan fingerprint density at radius 1 is 1.03 bits per heavy atom. The summed E-state index contributed by atoms with van der Waals surface area (Å²) in [4.78, 5) is 32.4. The van der Waals surface area contributed by atoms with Crippen LogP contribution in [-0.4, -0.2) is 27.8 Å². The highest BCUT2D eigenvalue weighted by atomic mass is 19.1. The van der Waals surface area contributed by atoms with Gasteiger partial charge in [0.2, 0.25) is 5.95 Å². The van der Waals surface area contributed by atoms with E-state index in [0.717, 1.165) is 54.5 Å². The molecule has 8 heteroatoms. The van der Waals surface area contributed by atoms with Gasteiger partial charge in [-0.15, -0.1) is 0 Å². The van der Waals surface area contributed by atoms with Crippen molar-refractivity contribution in [2.24, 2.45) is 5.92 Å². The Labute approximate surface area is 215 Å². The summed E-state index contributed by atoms with van der Waals surface area (Å²) >= 11 is 0. The van der Waals surface area contributed by atoms with Gasteiger partial charge in [0, 0.05) is 31.0 Å². The smallest absolute Gasteiger partial charge is 0.306 e. The van der Waals surface area contributed by atoms with E-state index < -0.39 is 5.82 Å². The van der Waals surface area contributed by atoms with Gasteiger partial charge in [0.05, 0.1) is 6.20 Å². The number of fused-ring (bicyclic) bond motifs is 1. The lowest BCUT2D eigenvalue weighted by atomic mass is 9.84. The van der Waals surface area contributed by atoms with Crippen molar-refractivity contribution >= 4 is 29.2 Å². The van der Waals surface area contributed by atoms with E-state index in [1.165, 1.54) is 6.20 Å². The number of ketones is 1. The summed E-state index contributed by atoms with van der Waals surface area (Å²) in [6.45, 7) is 0.297. The number of hydrogen-bond acceptors (Lipinski definition) is 7. The maximum atomic E-state index is 14.5. The lowest BCUT2D eigenvalue weighted by Gasteiger charge is -2.29. The Bertz CT molecular complexity index is 1260. The van der Waals surface area contributed by atoms with E-state index in [-0.39, 0.29) is 29.5 Å². The molecular formula is C29H31FN4O3. The number of aromatic nitrogens is 2. The third-order valence-electron chi connectivity index (χ3n) is 7.15. The van der Waals surface area contributed by atoms with Crippen LogP contribution in [0.1, 0.15) is 55.2 Å². The molecule has 0 unspecified atom stereocenters. The van der Waals surface area contributed by atoms with E-state index in [1.54, 1.807) is 0 Å². The van der Waals surface area contributed by atoms with E-state index >= 15 is 0 Å². The number of esters is 1. The van der Waals surface area contributed by atoms with Gasteiger partial charge in [-0.1, -0.05) is 36.4 Å². The molecule has 2 aliphatic rings. The fourth-order valence-corrected chi connectivity index (χ4v) is 5.08. The van der Waals surface area contributed by atoms with E-state index in [2.05, 4.69) is 20.6 Å². The van der Waals surface area contributed by atoms with Gasteiger partial charge in [0.1, 0.15) is 12.4 Å². The zero-order valence-corrected chi connectivity index (χ0v) is 20.7. The van der Waals surface area contributed by atoms with Crippen molar-refractivity contribution in [1.82, 2.24) is 9.97 Å². The highest BCUT2D eigenvalue weighted by Gasteiger charge is 2.25. The van der Waals surface area contributed by atoms with Gasteiger partial charge < -0.3 is 15.4 Å². The SMILES string of the molecule is O=C1CCc2cc(Nc3ncc(F)c(NC4CCC(CC(=O)OCc5ccccc5)CC4)n3)ccc2C1. The van der Waals surface area contributed by atoms with Gasteiger partial charge >= 0.3 is 5.97 Å². The van der Waals surface area contributed by atoms with Gasteiger partial charge in [-0.3, -0.25) is 9.59 Å². The standard InChI is InChI=1S/C29H31FN4O3/c30-26-17-31-29(33-24-12-8-22-16-25(35)13-9-21(22)15-24)34-28(26)32-23-10-6-19(7-11-23)14-27(36)37-18-20-4-2-1-3-5-20/h1-5,8,12,15,17,19,23H,6-7,9-11,13-14,16,18H2,(H2,31,32,33,34). The summed E-state index contributed by atoms with van der Waals surface area (Å²) in [5, 5.41) is 6.39. The van der Waals surface area contributed by atoms with E-state index in [9.17, 15) is 14.0 Å². The molecule has 2 N–H and O–H groups in total. The summed E-state index contributed by atoms with van der Waals surface area (Å²) in [7, 11) is 0. The molecule has 3 aromatic rings. The minimum absolute atomic E-state index is 0.0788. The maximum Gasteiger partial charge on any atom is 0.306 e. The Hall–Kier alpha value is -3.81. The average molecular weight is 503 g/mol. The molecule has 192 valence electrons. The van der Waals surface area contributed by atoms with Crippen molar-refractivity contribution in [3.8, 4) is 0 Å². The van der Waals surface area contributed by atoms with Crippen molar-refractivity contribution in [3.05, 3.63) is 77.2 Å². The minimum atomic E-state index is -0.499. The monoisotopic (exact) mass is 502 g/mol. The summed E-state index contributed by atoms with van der Waals surface area (Å²) in [6.07, 6.45) is 6.74. The lowest BCUT2D eigenvalue weighted by molar-refractivity contribution is -0.146. The summed E-state index contributed by atoms with van der Waals surface area (Å²) in [6, 6.07) is 15.6. The van der Waals surface area contributed by atoms with Crippen LogP contribution < -0.4 is 10.6 Å². The Morgan fingerprint density at radius 2 is 1.84 bits per heavy atom. The van der Waals surface area contributed by atoms with E-state index in [4.69, 9.17) is 4.74 Å². The second-order valence-corrected chi connectivity index (χ2v) is 9.93. The Kier molecular flexibility index (Phi) is 7.73. The third kappa shape index (κ3) is 6.70. The molecule has 2 aromatic carbocycles. The van der Waals surface area contributed by atoms with Gasteiger partial charge in [0.25, 0.3) is 0 Å². The number of aryl methyl sites for hydroxylation is 1. The van der Waals surface area contributed by atoms with Crippen LogP contribution in [0.25, 0.3) is 0 Å². The highest BCUT2D eigenvalue weighted by Crippen LogP contribution is 2.30. The van der Waals surface area contributed by atoms with E-state index in [1.807, 2.05) is 48.5 Å². The molecule has 2 aliphatic carbocycles. The van der Waals surface area contributed by atoms with Crippen LogP contribution in [0, 0.1) is 11.7 Å². The molecule has 37 heavy (non-hydrogen) atoms. The van der Waals surface area contributed by atoms with Gasteiger partial charge in [-0.05, 0) is 66.8 Å². The molecule has 0 saturated heterocycles. The van der Waals surface area contributed by atoms with Crippen LogP contribution in [0.3, 0.4) is 0 Å². The number of Topliss-reactive ketones (excluding diaryl/α,β-unsaturated/α-hetero) is 1. The van der Waals surface area contributed by atoms with Crippen molar-refractivity contribution in [1.29, 1.82) is 0 Å². The number of benzene rings is 2. The average Bonchev–Trinajstić information content (AvgIpc) is 2.91. The first-order chi connectivity index (χ1) is 18.0. The molecule has 0 bridgehead atoms. The zero-order chi connectivity index (χ0) is 25.6. The maximum absolute atomic E-state index is 14.5. The first kappa shape index (κ1) is 24.9. The van der Waals surface area contributed by atoms with Gasteiger partial charge in [-0.25, -0.2) is 9.37 Å². The topological polar surface area (TPSA) is 93.2 Å². The molecule has 0 radical (unpaired) electrons. The van der Waals surface area contributed by atoms with Crippen molar-refractivity contribution in [2.45, 2.75) is 64.0 Å². The van der Waals surface area contributed by atoms with Crippen molar-refractivity contribution in [3.63, 3.8) is 0 Å². The van der Waals surface area contributed by atoms with E-state index in [0.29, 0.717) is 31.8 Å². The molecule has 1 aromatic heterocycles. The summed E-state index contributed by atoms with van der Waals surface area (Å²) in [5.74, 6) is 0.348. The molecule has 0 amide bonds. The molecular weight excluding hydrogens is 471 g/mol. The second-order valence-electron chi connectivity index (χ2n) is 9.93. The minimum Gasteiger partial charge on any atom is -0.461 e. The van der Waals surface area contributed by atoms with Crippen LogP contribution in [0.4, 0.5) is 21.8 Å². The number of nitrogens with one attached hydrogen (secondary N) is 2. The van der Waals surface area contributed by atoms with Gasteiger partial charge in [0.15, 0.2) is 11.6 Å². The molecule has 5 rings (SSSR count). The molecule has 1 heterocycles. The predicted octanol–water partition coefficient (Wildman–Crippen LogP) is 5.52. The fraction of sp³-hybridized carbons (Fsp3) is 0.379. The van der Waals surface area contributed by atoms with Crippen LogP contribution in [0.2, 0.25) is 0 Å². The predicted molar refractivity (Wildman–Crippen MR) is 139 cm³/mol. The third-order valence-corrected chi connectivity index (χ3v) is 7.15. The highest BCUT2D eigenvalue weighted by molar-refractivity contribution is 5.83. The largest absolute Gasteiger partial charge is 0.461 e. The lowest BCUT2D eigenvalue weighted by Crippen LogP contribution is -2.28. The number of carbonyl (C=O) groups excluding carboxylic acids is 2. The second kappa shape index (κ2) is 11.5. The number of hydrogen-bond donors (Lipinski definition) is 2. The van der Waals surface area contributed by atoms with Crippen LogP contribution >= 0.6 is 0 Å². The summed E-state index contributed by atoms with van der Waals surface area (Å²) in [5.41, 5.74) is 3.99. The number of carbonyl (C=O) groups is 2. The molecule has 7 nitrogen and oxygen atoms in total. The number of ether oxygens (including phenoxy) is 1. The van der Waals surface area contributed by atoms with Crippen molar-refractivity contribution < 1.29 is 18.7 Å². The van der Waals surface area contributed by atoms with Crippen LogP contribution in [-0.2, 0) is 33.8 Å². The van der Waals surface area contributed by atoms with Crippen molar-refractivity contribution in [2.75, 3.05) is 10.6 Å². The summed E-state index contributed by atoms with van der Waals surface area (Å²) < 4.78 is 19.9. The first-order valence-corrected chi connectivity index (χ1v) is 12.9. The Morgan fingerprint density at radius 3 is 2.65 bits per heavy atom. The number of rotatable bonds is 8. The molecule has 0 atom stereocenters. The molecule has 0 aliphatic heterocycles. The number of nitrogens with zero attached hydrogens (tertiary/aromatic N) is 2. The normalized spacial score (nSPS) is 19.1. The van der Waals surface area contributed by atoms with Crippen LogP contribution in [0.15, 0.2) is 54.7 Å². The first-order valence-electron chi connectivity index (χ1n) is 12.9. The molecule has 1 saturated carbocycles. The zero-order valence-electron chi connectivity index (χ0n) is 20.7. The number of halogens is 1. The van der Waals surface area contributed by atoms with Gasteiger partial charge in [-0.2, -0.15) is 4.98 Å². The molecule has 0 spiro atoms. The quantitative estimate of drug-likeness (QED) is 0.392. The Balaban J connectivity index is 1.11.